The van der Waals surface area contributed by atoms with E-state index >= 15 is 0 Å². The van der Waals surface area contributed by atoms with E-state index in [0.29, 0.717) is 19.0 Å². The molecule has 2 amide bonds. The number of ether oxygens (including phenoxy) is 1. The van der Waals surface area contributed by atoms with Crippen LogP contribution < -0.4 is 10.6 Å². The Bertz CT molecular complexity index is 694. The van der Waals surface area contributed by atoms with Crippen LogP contribution in [0.2, 0.25) is 5.02 Å². The fraction of sp³-hybridized carbons (Fsp3) is 0.400. The fourth-order valence-corrected chi connectivity index (χ4v) is 2.35. The van der Waals surface area contributed by atoms with Gasteiger partial charge in [0.15, 0.2) is 11.6 Å². The number of urea groups is 1. The largest absolute Gasteiger partial charge is 0.385 e. The maximum Gasteiger partial charge on any atom is 0.319 e. The molecule has 0 spiro atoms. The summed E-state index contributed by atoms with van der Waals surface area (Å²) in [4.78, 5) is 12.0. The first-order chi connectivity index (χ1) is 11.5. The third-order valence-corrected chi connectivity index (χ3v) is 3.62. The second kappa shape index (κ2) is 8.60. The summed E-state index contributed by atoms with van der Waals surface area (Å²) in [5.74, 6) is -0.0717. The summed E-state index contributed by atoms with van der Waals surface area (Å²) >= 11 is 5.69. The van der Waals surface area contributed by atoms with E-state index in [0.717, 1.165) is 6.42 Å². The number of nitrogens with one attached hydrogen (secondary N) is 2. The first kappa shape index (κ1) is 18.2. The van der Waals surface area contributed by atoms with Crippen LogP contribution in [0.5, 0.6) is 0 Å². The molecular weight excluding hydrogens is 337 g/mol. The van der Waals surface area contributed by atoms with E-state index in [1.54, 1.807) is 26.4 Å². The number of carbonyl (C=O) groups is 1. The molecule has 0 saturated heterocycles. The third kappa shape index (κ3) is 4.65. The molecule has 1 aromatic heterocycles. The number of benzene rings is 1. The average Bonchev–Trinajstić information content (AvgIpc) is 3.00. The first-order valence-corrected chi connectivity index (χ1v) is 7.79. The van der Waals surface area contributed by atoms with Crippen LogP contribution in [0, 0.1) is 5.82 Å². The molecule has 9 heteroatoms. The second-order valence-electron chi connectivity index (χ2n) is 5.15. The standard InChI is InChI=1S/C15H19ClFN5O2/c1-10(14-21-18-9-22(14)7-4-8-24-2)19-15(23)20-12-6-3-5-11(16)13(12)17/h3,5-6,9-10H,4,7-8H2,1-2H3,(H2,19,20,23)/t10-/m0/s1. The van der Waals surface area contributed by atoms with E-state index in [1.807, 2.05) is 4.57 Å². The maximum absolute atomic E-state index is 13.8. The molecule has 0 bridgehead atoms. The Hall–Kier alpha value is -2.19. The van der Waals surface area contributed by atoms with Crippen molar-refractivity contribution in [3.63, 3.8) is 0 Å². The van der Waals surface area contributed by atoms with Crippen molar-refractivity contribution in [3.8, 4) is 0 Å². The van der Waals surface area contributed by atoms with Crippen molar-refractivity contribution in [1.29, 1.82) is 0 Å². The lowest BCUT2D eigenvalue weighted by Crippen LogP contribution is -2.33. The van der Waals surface area contributed by atoms with Crippen LogP contribution in [-0.4, -0.2) is 34.5 Å². The van der Waals surface area contributed by atoms with Crippen molar-refractivity contribution in [2.75, 3.05) is 19.0 Å². The highest BCUT2D eigenvalue weighted by Crippen LogP contribution is 2.22. The molecule has 0 saturated carbocycles. The number of amides is 2. The average molecular weight is 356 g/mol. The van der Waals surface area contributed by atoms with Crippen LogP contribution in [0.1, 0.15) is 25.2 Å². The molecule has 0 unspecified atom stereocenters. The SMILES string of the molecule is COCCCn1cnnc1[C@H](C)NC(=O)Nc1cccc(Cl)c1F. The molecule has 2 aromatic rings. The van der Waals surface area contributed by atoms with Gasteiger partial charge < -0.3 is 19.9 Å². The smallest absolute Gasteiger partial charge is 0.319 e. The van der Waals surface area contributed by atoms with E-state index in [9.17, 15) is 9.18 Å². The van der Waals surface area contributed by atoms with Crippen LogP contribution in [0.3, 0.4) is 0 Å². The van der Waals surface area contributed by atoms with Crippen LogP contribution >= 0.6 is 11.6 Å². The third-order valence-electron chi connectivity index (χ3n) is 3.33. The first-order valence-electron chi connectivity index (χ1n) is 7.41. The van der Waals surface area contributed by atoms with E-state index in [2.05, 4.69) is 20.8 Å². The predicted octanol–water partition coefficient (Wildman–Crippen LogP) is 2.99. The zero-order valence-electron chi connectivity index (χ0n) is 13.4. The number of methoxy groups -OCH3 is 1. The van der Waals surface area contributed by atoms with Crippen LogP contribution in [0.15, 0.2) is 24.5 Å². The number of aryl methyl sites for hydroxylation is 1. The maximum atomic E-state index is 13.8. The molecule has 0 fully saturated rings. The molecule has 0 aliphatic heterocycles. The van der Waals surface area contributed by atoms with Gasteiger partial charge in [-0.05, 0) is 25.5 Å². The summed E-state index contributed by atoms with van der Waals surface area (Å²) in [6.07, 6.45) is 2.39. The van der Waals surface area contributed by atoms with Crippen molar-refractivity contribution < 1.29 is 13.9 Å². The molecule has 1 aromatic carbocycles. The van der Waals surface area contributed by atoms with Gasteiger partial charge in [0.05, 0.1) is 16.8 Å². The quantitative estimate of drug-likeness (QED) is 0.748. The Morgan fingerprint density at radius 1 is 1.50 bits per heavy atom. The number of rotatable bonds is 7. The van der Waals surface area contributed by atoms with Crippen LogP contribution in [-0.2, 0) is 11.3 Å². The molecule has 1 heterocycles. The van der Waals surface area contributed by atoms with Crippen molar-refractivity contribution >= 4 is 23.3 Å². The van der Waals surface area contributed by atoms with Gasteiger partial charge in [-0.15, -0.1) is 10.2 Å². The number of hydrogen-bond acceptors (Lipinski definition) is 4. The normalized spacial score (nSPS) is 12.0. The van der Waals surface area contributed by atoms with Crippen molar-refractivity contribution in [1.82, 2.24) is 20.1 Å². The van der Waals surface area contributed by atoms with E-state index in [4.69, 9.17) is 16.3 Å². The monoisotopic (exact) mass is 355 g/mol. The lowest BCUT2D eigenvalue weighted by molar-refractivity contribution is 0.189. The van der Waals surface area contributed by atoms with Gasteiger partial charge >= 0.3 is 6.03 Å². The molecular formula is C15H19ClFN5O2. The summed E-state index contributed by atoms with van der Waals surface area (Å²) in [7, 11) is 1.64. The zero-order chi connectivity index (χ0) is 17.5. The van der Waals surface area contributed by atoms with Crippen LogP contribution in [0.25, 0.3) is 0 Å². The Kier molecular flexibility index (Phi) is 6.51. The minimum absolute atomic E-state index is 0.00811. The van der Waals surface area contributed by atoms with Crippen molar-refractivity contribution in [3.05, 3.63) is 41.2 Å². The van der Waals surface area contributed by atoms with Gasteiger partial charge in [-0.2, -0.15) is 0 Å². The highest BCUT2D eigenvalue weighted by atomic mass is 35.5. The molecule has 130 valence electrons. The van der Waals surface area contributed by atoms with E-state index in [1.165, 1.54) is 12.1 Å². The number of carbonyl (C=O) groups excluding carboxylic acids is 1. The van der Waals surface area contributed by atoms with Gasteiger partial charge in [0, 0.05) is 20.3 Å². The summed E-state index contributed by atoms with van der Waals surface area (Å²) < 4.78 is 20.6. The lowest BCUT2D eigenvalue weighted by atomic mass is 10.3. The van der Waals surface area contributed by atoms with Gasteiger partial charge in [0.25, 0.3) is 0 Å². The highest BCUT2D eigenvalue weighted by molar-refractivity contribution is 6.31. The number of anilines is 1. The minimum Gasteiger partial charge on any atom is -0.385 e. The van der Waals surface area contributed by atoms with Gasteiger partial charge in [0.2, 0.25) is 0 Å². The number of aromatic nitrogens is 3. The molecule has 2 N–H and O–H groups in total. The van der Waals surface area contributed by atoms with Crippen molar-refractivity contribution in [2.24, 2.45) is 0 Å². The molecule has 1 atom stereocenters. The number of hydrogen-bond donors (Lipinski definition) is 2. The number of nitrogens with zero attached hydrogens (tertiary/aromatic N) is 3. The molecule has 24 heavy (non-hydrogen) atoms. The predicted molar refractivity (Wildman–Crippen MR) is 88.5 cm³/mol. The van der Waals surface area contributed by atoms with E-state index < -0.39 is 17.9 Å². The summed E-state index contributed by atoms with van der Waals surface area (Å²) in [6, 6.07) is 3.42. The Balaban J connectivity index is 1.97. The Morgan fingerprint density at radius 3 is 3.04 bits per heavy atom. The second-order valence-corrected chi connectivity index (χ2v) is 5.56. The Morgan fingerprint density at radius 2 is 2.29 bits per heavy atom. The van der Waals surface area contributed by atoms with Gasteiger partial charge in [-0.25, -0.2) is 9.18 Å². The summed E-state index contributed by atoms with van der Waals surface area (Å²) in [5.41, 5.74) is 0.00811. The molecule has 0 aliphatic carbocycles. The fourth-order valence-electron chi connectivity index (χ4n) is 2.17. The zero-order valence-corrected chi connectivity index (χ0v) is 14.2. The summed E-state index contributed by atoms with van der Waals surface area (Å²) in [6.45, 7) is 3.06. The molecule has 7 nitrogen and oxygen atoms in total. The van der Waals surface area contributed by atoms with Crippen molar-refractivity contribution in [2.45, 2.75) is 25.9 Å². The summed E-state index contributed by atoms with van der Waals surface area (Å²) in [5, 5.41) is 12.9. The van der Waals surface area contributed by atoms with Gasteiger partial charge in [-0.3, -0.25) is 0 Å². The minimum atomic E-state index is -0.676. The van der Waals surface area contributed by atoms with Gasteiger partial charge in [0.1, 0.15) is 6.33 Å². The molecule has 0 aliphatic rings. The van der Waals surface area contributed by atoms with E-state index in [-0.39, 0.29) is 10.7 Å². The highest BCUT2D eigenvalue weighted by Gasteiger charge is 2.17. The number of halogens is 2. The van der Waals surface area contributed by atoms with Gasteiger partial charge in [-0.1, -0.05) is 17.7 Å². The molecule has 2 rings (SSSR count). The van der Waals surface area contributed by atoms with Crippen LogP contribution in [0.4, 0.5) is 14.9 Å². The topological polar surface area (TPSA) is 81.1 Å². The molecule has 0 radical (unpaired) electrons. The Labute approximate surface area is 144 Å². The lowest BCUT2D eigenvalue weighted by Gasteiger charge is -2.15.